The van der Waals surface area contributed by atoms with Crippen molar-refractivity contribution in [2.75, 3.05) is 14.1 Å². The van der Waals surface area contributed by atoms with Crippen LogP contribution in [0.3, 0.4) is 0 Å². The molecule has 1 amide bonds. The number of nitrogens with one attached hydrogen (secondary N) is 1. The zero-order valence-electron chi connectivity index (χ0n) is 13.9. The van der Waals surface area contributed by atoms with Gasteiger partial charge >= 0.3 is 0 Å². The van der Waals surface area contributed by atoms with Gasteiger partial charge in [-0.25, -0.2) is 9.37 Å². The summed E-state index contributed by atoms with van der Waals surface area (Å²) in [5, 5.41) is 0.256. The van der Waals surface area contributed by atoms with E-state index in [1.165, 1.54) is 23.9 Å². The van der Waals surface area contributed by atoms with Crippen molar-refractivity contribution in [1.29, 1.82) is 0 Å². The van der Waals surface area contributed by atoms with E-state index in [0.29, 0.717) is 5.16 Å². The number of halogens is 1. The van der Waals surface area contributed by atoms with Crippen LogP contribution in [0.5, 0.6) is 0 Å². The van der Waals surface area contributed by atoms with Gasteiger partial charge in [0.05, 0.1) is 11.9 Å². The molecule has 0 saturated heterocycles. The molecular formula is C19H18FN3OS. The molecule has 6 heteroatoms. The smallest absolute Gasteiger partial charge is 0.240 e. The number of H-pyrrole nitrogens is 1. The number of thioether (sulfide) groups is 1. The van der Waals surface area contributed by atoms with E-state index in [1.54, 1.807) is 37.3 Å². The molecule has 0 bridgehead atoms. The molecule has 4 nitrogen and oxygen atoms in total. The number of imidazole rings is 1. The number of carbonyl (C=O) groups is 1. The van der Waals surface area contributed by atoms with E-state index in [4.69, 9.17) is 0 Å². The Morgan fingerprint density at radius 1 is 1.12 bits per heavy atom. The van der Waals surface area contributed by atoms with Crippen molar-refractivity contribution in [2.24, 2.45) is 0 Å². The Hall–Kier alpha value is -2.60. The normalized spacial score (nSPS) is 12.0. The van der Waals surface area contributed by atoms with Crippen molar-refractivity contribution in [3.63, 3.8) is 0 Å². The zero-order valence-corrected chi connectivity index (χ0v) is 14.8. The molecule has 0 aliphatic rings. The Morgan fingerprint density at radius 3 is 2.44 bits per heavy atom. The van der Waals surface area contributed by atoms with E-state index in [-0.39, 0.29) is 17.0 Å². The van der Waals surface area contributed by atoms with Crippen LogP contribution < -0.4 is 0 Å². The van der Waals surface area contributed by atoms with Gasteiger partial charge in [-0.05, 0) is 35.4 Å². The molecule has 0 aliphatic carbocycles. The van der Waals surface area contributed by atoms with Gasteiger partial charge < -0.3 is 9.88 Å². The molecule has 0 saturated carbocycles. The SMILES string of the molecule is CN(C)C(=O)[C@@H](Sc1ncc(-c2ccc(F)cc2)[nH]1)c1ccccc1. The molecule has 1 N–H and O–H groups in total. The average molecular weight is 355 g/mol. The first-order chi connectivity index (χ1) is 12.0. The summed E-state index contributed by atoms with van der Waals surface area (Å²) < 4.78 is 13.1. The highest BCUT2D eigenvalue weighted by Gasteiger charge is 2.24. The predicted molar refractivity (Wildman–Crippen MR) is 97.7 cm³/mol. The van der Waals surface area contributed by atoms with E-state index < -0.39 is 0 Å². The van der Waals surface area contributed by atoms with Crippen molar-refractivity contribution < 1.29 is 9.18 Å². The minimum absolute atomic E-state index is 0.00377. The maximum Gasteiger partial charge on any atom is 0.240 e. The first-order valence-corrected chi connectivity index (χ1v) is 8.66. The number of carbonyl (C=O) groups excluding carboxylic acids is 1. The number of amides is 1. The van der Waals surface area contributed by atoms with Crippen molar-refractivity contribution in [2.45, 2.75) is 10.4 Å². The van der Waals surface area contributed by atoms with Crippen LogP contribution in [0.1, 0.15) is 10.8 Å². The quantitative estimate of drug-likeness (QED) is 0.700. The fraction of sp³-hybridized carbons (Fsp3) is 0.158. The topological polar surface area (TPSA) is 49.0 Å². The summed E-state index contributed by atoms with van der Waals surface area (Å²) in [7, 11) is 3.48. The Bertz CT molecular complexity index is 847. The Kier molecular flexibility index (Phi) is 5.19. The number of aromatic nitrogens is 2. The highest BCUT2D eigenvalue weighted by atomic mass is 32.2. The van der Waals surface area contributed by atoms with Crippen LogP contribution in [0.2, 0.25) is 0 Å². The minimum Gasteiger partial charge on any atom is -0.348 e. The lowest BCUT2D eigenvalue weighted by Crippen LogP contribution is -2.26. The maximum absolute atomic E-state index is 13.1. The Balaban J connectivity index is 1.85. The summed E-state index contributed by atoms with van der Waals surface area (Å²) in [6.45, 7) is 0. The number of hydrogen-bond donors (Lipinski definition) is 1. The van der Waals surface area contributed by atoms with Gasteiger partial charge in [0.15, 0.2) is 5.16 Å². The van der Waals surface area contributed by atoms with Crippen LogP contribution in [0, 0.1) is 5.82 Å². The third kappa shape index (κ3) is 4.09. The molecule has 25 heavy (non-hydrogen) atoms. The van der Waals surface area contributed by atoms with E-state index in [1.807, 2.05) is 30.3 Å². The van der Waals surface area contributed by atoms with Crippen molar-refractivity contribution in [1.82, 2.24) is 14.9 Å². The molecule has 1 aromatic heterocycles. The van der Waals surface area contributed by atoms with Crippen LogP contribution in [0.25, 0.3) is 11.3 Å². The molecule has 3 rings (SSSR count). The number of hydrogen-bond acceptors (Lipinski definition) is 3. The molecule has 0 spiro atoms. The molecule has 3 aromatic rings. The number of nitrogens with zero attached hydrogens (tertiary/aromatic N) is 2. The fourth-order valence-corrected chi connectivity index (χ4v) is 3.48. The molecule has 0 fully saturated rings. The summed E-state index contributed by atoms with van der Waals surface area (Å²) in [6, 6.07) is 15.8. The largest absolute Gasteiger partial charge is 0.348 e. The van der Waals surface area contributed by atoms with Gasteiger partial charge in [-0.3, -0.25) is 4.79 Å². The highest BCUT2D eigenvalue weighted by Crippen LogP contribution is 2.35. The molecule has 0 aliphatic heterocycles. The monoisotopic (exact) mass is 355 g/mol. The Morgan fingerprint density at radius 2 is 1.80 bits per heavy atom. The van der Waals surface area contributed by atoms with E-state index in [0.717, 1.165) is 16.8 Å². The second-order valence-corrected chi connectivity index (χ2v) is 6.84. The number of likely N-dealkylation sites (N-methyl/N-ethyl adjacent to an activating group) is 1. The maximum atomic E-state index is 13.1. The zero-order chi connectivity index (χ0) is 17.8. The van der Waals surface area contributed by atoms with Crippen LogP contribution in [-0.2, 0) is 4.79 Å². The second kappa shape index (κ2) is 7.53. The lowest BCUT2D eigenvalue weighted by Gasteiger charge is -2.19. The van der Waals surface area contributed by atoms with Gasteiger partial charge in [0.25, 0.3) is 0 Å². The van der Waals surface area contributed by atoms with Gasteiger partial charge in [-0.15, -0.1) is 0 Å². The highest BCUT2D eigenvalue weighted by molar-refractivity contribution is 8.00. The minimum atomic E-state index is -0.386. The van der Waals surface area contributed by atoms with E-state index in [9.17, 15) is 9.18 Å². The van der Waals surface area contributed by atoms with Crippen LogP contribution in [0.4, 0.5) is 4.39 Å². The van der Waals surface area contributed by atoms with Gasteiger partial charge in [0, 0.05) is 14.1 Å². The summed E-state index contributed by atoms with van der Waals surface area (Å²) in [4.78, 5) is 21.7. The number of rotatable bonds is 5. The molecular weight excluding hydrogens is 337 g/mol. The van der Waals surface area contributed by atoms with Crippen molar-refractivity contribution in [3.8, 4) is 11.3 Å². The predicted octanol–water partition coefficient (Wildman–Crippen LogP) is 4.14. The average Bonchev–Trinajstić information content (AvgIpc) is 3.09. The standard InChI is InChI=1S/C19H18FN3OS/c1-23(2)18(24)17(14-6-4-3-5-7-14)25-19-21-12-16(22-19)13-8-10-15(20)11-9-13/h3-12,17H,1-2H3,(H,21,22)/t17-/m0/s1. The van der Waals surface area contributed by atoms with Crippen LogP contribution in [0.15, 0.2) is 66.0 Å². The van der Waals surface area contributed by atoms with E-state index in [2.05, 4.69) is 9.97 Å². The Labute approximate surface area is 150 Å². The van der Waals surface area contributed by atoms with Gasteiger partial charge in [0.1, 0.15) is 11.1 Å². The summed E-state index contributed by atoms with van der Waals surface area (Å²) in [5.74, 6) is -0.283. The van der Waals surface area contributed by atoms with Crippen molar-refractivity contribution >= 4 is 17.7 Å². The van der Waals surface area contributed by atoms with E-state index >= 15 is 0 Å². The molecule has 2 aromatic carbocycles. The number of benzene rings is 2. The summed E-state index contributed by atoms with van der Waals surface area (Å²) in [5.41, 5.74) is 2.55. The molecule has 1 atom stereocenters. The first-order valence-electron chi connectivity index (χ1n) is 7.78. The lowest BCUT2D eigenvalue weighted by atomic mass is 10.1. The van der Waals surface area contributed by atoms with Gasteiger partial charge in [-0.1, -0.05) is 42.1 Å². The third-order valence-electron chi connectivity index (χ3n) is 3.70. The molecule has 128 valence electrons. The van der Waals surface area contributed by atoms with Gasteiger partial charge in [0.2, 0.25) is 5.91 Å². The fourth-order valence-electron chi connectivity index (χ4n) is 2.37. The lowest BCUT2D eigenvalue weighted by molar-refractivity contribution is -0.128. The van der Waals surface area contributed by atoms with Crippen LogP contribution in [-0.4, -0.2) is 34.9 Å². The third-order valence-corrected chi connectivity index (χ3v) is 4.84. The van der Waals surface area contributed by atoms with Crippen LogP contribution >= 0.6 is 11.8 Å². The summed E-state index contributed by atoms with van der Waals surface area (Å²) >= 11 is 1.36. The summed E-state index contributed by atoms with van der Waals surface area (Å²) in [6.07, 6.45) is 1.69. The molecule has 0 radical (unpaired) electrons. The van der Waals surface area contributed by atoms with Gasteiger partial charge in [-0.2, -0.15) is 0 Å². The molecule has 0 unspecified atom stereocenters. The first kappa shape index (κ1) is 17.2. The second-order valence-electron chi connectivity index (χ2n) is 5.75. The van der Waals surface area contributed by atoms with Crippen molar-refractivity contribution in [3.05, 3.63) is 72.2 Å². The molecule has 1 heterocycles. The number of aromatic amines is 1.